The van der Waals surface area contributed by atoms with Gasteiger partial charge in [0.2, 0.25) is 0 Å². The zero-order valence-electron chi connectivity index (χ0n) is 11.4. The molecule has 1 fully saturated rings. The number of benzene rings is 1. The van der Waals surface area contributed by atoms with Crippen LogP contribution in [0.3, 0.4) is 0 Å². The van der Waals surface area contributed by atoms with Crippen molar-refractivity contribution >= 4 is 23.4 Å². The topological polar surface area (TPSA) is 38.3 Å². The van der Waals surface area contributed by atoms with E-state index in [0.29, 0.717) is 16.6 Å². The molecule has 0 heterocycles. The van der Waals surface area contributed by atoms with Gasteiger partial charge in [0.15, 0.2) is 0 Å². The number of amides is 1. The number of ether oxygens (including phenoxy) is 1. The van der Waals surface area contributed by atoms with Crippen molar-refractivity contribution in [1.29, 1.82) is 0 Å². The standard InChI is InChI=1S/C15H20ClNO2/c1-10-5-3-7-12(9-10)19-15(18)17-14-11(2)6-4-8-13(14)16/h4,6,8,10,12H,3,5,7,9H2,1-2H3,(H,17,18). The fourth-order valence-electron chi connectivity index (χ4n) is 2.56. The predicted molar refractivity (Wildman–Crippen MR) is 77.7 cm³/mol. The summed E-state index contributed by atoms with van der Waals surface area (Å²) in [5, 5.41) is 3.28. The third-order valence-corrected chi connectivity index (χ3v) is 3.93. The normalized spacial score (nSPS) is 22.9. The quantitative estimate of drug-likeness (QED) is 0.847. The second-order valence-corrected chi connectivity index (χ2v) is 5.76. The maximum absolute atomic E-state index is 11.9. The van der Waals surface area contributed by atoms with Crippen LogP contribution in [0.15, 0.2) is 18.2 Å². The number of rotatable bonds is 2. The average Bonchev–Trinajstić information content (AvgIpc) is 2.34. The summed E-state index contributed by atoms with van der Waals surface area (Å²) in [6, 6.07) is 5.52. The van der Waals surface area contributed by atoms with E-state index in [1.165, 1.54) is 6.42 Å². The van der Waals surface area contributed by atoms with Gasteiger partial charge in [-0.1, -0.05) is 37.1 Å². The Morgan fingerprint density at radius 3 is 2.89 bits per heavy atom. The summed E-state index contributed by atoms with van der Waals surface area (Å²) < 4.78 is 5.47. The van der Waals surface area contributed by atoms with Crippen LogP contribution in [0.5, 0.6) is 0 Å². The van der Waals surface area contributed by atoms with Gasteiger partial charge in [-0.25, -0.2) is 4.79 Å². The molecule has 1 N–H and O–H groups in total. The first-order chi connectivity index (χ1) is 9.06. The van der Waals surface area contributed by atoms with E-state index in [1.807, 2.05) is 19.1 Å². The number of hydrogen-bond donors (Lipinski definition) is 1. The molecule has 1 aliphatic rings. The fraction of sp³-hybridized carbons (Fsp3) is 0.533. The molecule has 2 rings (SSSR count). The van der Waals surface area contributed by atoms with E-state index in [-0.39, 0.29) is 6.10 Å². The van der Waals surface area contributed by atoms with Crippen LogP contribution in [0.4, 0.5) is 10.5 Å². The number of hydrogen-bond acceptors (Lipinski definition) is 2. The first-order valence-corrected chi connectivity index (χ1v) is 7.17. The molecule has 0 radical (unpaired) electrons. The summed E-state index contributed by atoms with van der Waals surface area (Å²) in [5.74, 6) is 0.633. The van der Waals surface area contributed by atoms with Gasteiger partial charge in [0, 0.05) is 0 Å². The minimum absolute atomic E-state index is 0.0338. The highest BCUT2D eigenvalue weighted by Gasteiger charge is 2.22. The molecule has 3 nitrogen and oxygen atoms in total. The van der Waals surface area contributed by atoms with Gasteiger partial charge in [-0.15, -0.1) is 0 Å². The zero-order chi connectivity index (χ0) is 13.8. The van der Waals surface area contributed by atoms with Gasteiger partial charge in [-0.3, -0.25) is 5.32 Å². The summed E-state index contributed by atoms with van der Waals surface area (Å²) in [6.45, 7) is 4.11. The van der Waals surface area contributed by atoms with Gasteiger partial charge in [-0.2, -0.15) is 0 Å². The molecule has 0 aromatic heterocycles. The van der Waals surface area contributed by atoms with Crippen LogP contribution in [0.1, 0.15) is 38.2 Å². The Hall–Kier alpha value is -1.22. The molecule has 1 aromatic carbocycles. The third kappa shape index (κ3) is 3.87. The predicted octanol–water partition coefficient (Wildman–Crippen LogP) is 4.78. The SMILES string of the molecule is Cc1cccc(Cl)c1NC(=O)OC1CCCC(C)C1. The summed E-state index contributed by atoms with van der Waals surface area (Å²) in [5.41, 5.74) is 1.57. The lowest BCUT2D eigenvalue weighted by Gasteiger charge is -2.26. The first-order valence-electron chi connectivity index (χ1n) is 6.79. The molecular weight excluding hydrogens is 262 g/mol. The Bertz CT molecular complexity index is 441. The van der Waals surface area contributed by atoms with Gasteiger partial charge >= 0.3 is 6.09 Å². The highest BCUT2D eigenvalue weighted by molar-refractivity contribution is 6.33. The lowest BCUT2D eigenvalue weighted by Crippen LogP contribution is -2.27. The fourth-order valence-corrected chi connectivity index (χ4v) is 2.83. The zero-order valence-corrected chi connectivity index (χ0v) is 12.2. The van der Waals surface area contributed by atoms with Gasteiger partial charge in [0.1, 0.15) is 6.10 Å². The maximum Gasteiger partial charge on any atom is 0.411 e. The maximum atomic E-state index is 11.9. The minimum Gasteiger partial charge on any atom is -0.446 e. The molecule has 0 spiro atoms. The summed E-state index contributed by atoms with van der Waals surface area (Å²) in [7, 11) is 0. The number of para-hydroxylation sites is 1. The molecular formula is C15H20ClNO2. The molecule has 0 saturated heterocycles. The van der Waals surface area contributed by atoms with Gasteiger partial charge in [-0.05, 0) is 43.7 Å². The van der Waals surface area contributed by atoms with Gasteiger partial charge < -0.3 is 4.74 Å². The minimum atomic E-state index is -0.407. The molecule has 19 heavy (non-hydrogen) atoms. The van der Waals surface area contributed by atoms with E-state index in [1.54, 1.807) is 6.07 Å². The van der Waals surface area contributed by atoms with E-state index in [0.717, 1.165) is 24.8 Å². The average molecular weight is 282 g/mol. The van der Waals surface area contributed by atoms with Crippen molar-refractivity contribution in [3.05, 3.63) is 28.8 Å². The molecule has 2 atom stereocenters. The number of carbonyl (C=O) groups is 1. The van der Waals surface area contributed by atoms with Crippen molar-refractivity contribution in [3.8, 4) is 0 Å². The molecule has 0 bridgehead atoms. The van der Waals surface area contributed by atoms with E-state index >= 15 is 0 Å². The van der Waals surface area contributed by atoms with Crippen LogP contribution < -0.4 is 5.32 Å². The van der Waals surface area contributed by atoms with E-state index in [2.05, 4.69) is 12.2 Å². The Morgan fingerprint density at radius 2 is 2.21 bits per heavy atom. The summed E-state index contributed by atoms with van der Waals surface area (Å²) in [6.07, 6.45) is 3.89. The number of carbonyl (C=O) groups excluding carboxylic acids is 1. The molecule has 1 aliphatic carbocycles. The van der Waals surface area contributed by atoms with Crippen LogP contribution in [-0.4, -0.2) is 12.2 Å². The Morgan fingerprint density at radius 1 is 1.42 bits per heavy atom. The molecule has 4 heteroatoms. The van der Waals surface area contributed by atoms with Crippen molar-refractivity contribution < 1.29 is 9.53 Å². The van der Waals surface area contributed by atoms with Crippen molar-refractivity contribution in [1.82, 2.24) is 0 Å². The molecule has 0 aliphatic heterocycles. The second kappa shape index (κ2) is 6.29. The van der Waals surface area contributed by atoms with E-state index < -0.39 is 6.09 Å². The monoisotopic (exact) mass is 281 g/mol. The van der Waals surface area contributed by atoms with E-state index in [4.69, 9.17) is 16.3 Å². The summed E-state index contributed by atoms with van der Waals surface area (Å²) >= 11 is 6.07. The Balaban J connectivity index is 1.94. The van der Waals surface area contributed by atoms with Crippen molar-refractivity contribution in [2.45, 2.75) is 45.6 Å². The number of nitrogens with one attached hydrogen (secondary N) is 1. The number of anilines is 1. The van der Waals surface area contributed by atoms with Crippen LogP contribution in [0, 0.1) is 12.8 Å². The Kier molecular flexibility index (Phi) is 4.70. The van der Waals surface area contributed by atoms with Gasteiger partial charge in [0.05, 0.1) is 10.7 Å². The Labute approximate surface area is 119 Å². The number of halogens is 1. The van der Waals surface area contributed by atoms with Crippen LogP contribution in [-0.2, 0) is 4.74 Å². The molecule has 1 aromatic rings. The van der Waals surface area contributed by atoms with Gasteiger partial charge in [0.25, 0.3) is 0 Å². The third-order valence-electron chi connectivity index (χ3n) is 3.61. The van der Waals surface area contributed by atoms with Crippen molar-refractivity contribution in [2.75, 3.05) is 5.32 Å². The van der Waals surface area contributed by atoms with Crippen molar-refractivity contribution in [3.63, 3.8) is 0 Å². The second-order valence-electron chi connectivity index (χ2n) is 5.36. The first kappa shape index (κ1) is 14.2. The molecule has 1 amide bonds. The highest BCUT2D eigenvalue weighted by atomic mass is 35.5. The highest BCUT2D eigenvalue weighted by Crippen LogP contribution is 2.28. The lowest BCUT2D eigenvalue weighted by molar-refractivity contribution is 0.0724. The van der Waals surface area contributed by atoms with Crippen LogP contribution in [0.2, 0.25) is 5.02 Å². The molecule has 104 valence electrons. The lowest BCUT2D eigenvalue weighted by atomic mass is 9.89. The van der Waals surface area contributed by atoms with Crippen LogP contribution in [0.25, 0.3) is 0 Å². The smallest absolute Gasteiger partial charge is 0.411 e. The molecule has 2 unspecified atom stereocenters. The summed E-state index contributed by atoms with van der Waals surface area (Å²) in [4.78, 5) is 11.9. The van der Waals surface area contributed by atoms with Crippen LogP contribution >= 0.6 is 11.6 Å². The van der Waals surface area contributed by atoms with E-state index in [9.17, 15) is 4.79 Å². The van der Waals surface area contributed by atoms with Crippen molar-refractivity contribution in [2.24, 2.45) is 5.92 Å². The largest absolute Gasteiger partial charge is 0.446 e. The molecule has 1 saturated carbocycles. The number of aryl methyl sites for hydroxylation is 1.